The average molecular weight is 292 g/mol. The molecule has 7 heteroatoms. The van der Waals surface area contributed by atoms with E-state index < -0.39 is 0 Å². The van der Waals surface area contributed by atoms with Crippen LogP contribution in [0.1, 0.15) is 6.92 Å². The molecule has 0 amide bonds. The van der Waals surface area contributed by atoms with Crippen LogP contribution in [0, 0.1) is 0 Å². The van der Waals surface area contributed by atoms with Crippen molar-refractivity contribution in [2.75, 3.05) is 26.3 Å². The maximum Gasteiger partial charge on any atom is 0.350 e. The van der Waals surface area contributed by atoms with Gasteiger partial charge < -0.3 is 9.84 Å². The molecule has 3 rings (SSSR count). The van der Waals surface area contributed by atoms with Crippen molar-refractivity contribution in [3.05, 3.63) is 34.9 Å². The van der Waals surface area contributed by atoms with Gasteiger partial charge in [0.15, 0.2) is 5.65 Å². The van der Waals surface area contributed by atoms with E-state index in [4.69, 9.17) is 4.74 Å². The van der Waals surface area contributed by atoms with Crippen LogP contribution in [0.25, 0.3) is 5.65 Å². The van der Waals surface area contributed by atoms with Crippen molar-refractivity contribution < 1.29 is 9.84 Å². The van der Waals surface area contributed by atoms with Gasteiger partial charge in [0.25, 0.3) is 0 Å². The highest BCUT2D eigenvalue weighted by Gasteiger charge is 2.25. The third kappa shape index (κ3) is 2.85. The Morgan fingerprint density at radius 3 is 3.05 bits per heavy atom. The molecule has 1 fully saturated rings. The van der Waals surface area contributed by atoms with Gasteiger partial charge >= 0.3 is 5.69 Å². The third-order valence-corrected chi connectivity index (χ3v) is 3.93. The lowest BCUT2D eigenvalue weighted by Crippen LogP contribution is -2.50. The van der Waals surface area contributed by atoms with Gasteiger partial charge in [-0.3, -0.25) is 9.30 Å². The lowest BCUT2D eigenvalue weighted by Gasteiger charge is -2.37. The number of hydrogen-bond donors (Lipinski definition) is 1. The summed E-state index contributed by atoms with van der Waals surface area (Å²) in [4.78, 5) is 14.4. The van der Waals surface area contributed by atoms with Gasteiger partial charge in [0.2, 0.25) is 0 Å². The largest absolute Gasteiger partial charge is 0.394 e. The molecule has 0 radical (unpaired) electrons. The van der Waals surface area contributed by atoms with Crippen molar-refractivity contribution in [2.45, 2.75) is 25.6 Å². The highest BCUT2D eigenvalue weighted by Crippen LogP contribution is 2.11. The van der Waals surface area contributed by atoms with Gasteiger partial charge in [-0.05, 0) is 19.1 Å². The van der Waals surface area contributed by atoms with E-state index in [0.717, 1.165) is 0 Å². The number of aliphatic hydroxyl groups excluding tert-OH is 1. The SMILES string of the molecule is CC1COC(CO)CN1CCn1nc2ccccn2c1=O. The molecule has 1 aliphatic rings. The van der Waals surface area contributed by atoms with Gasteiger partial charge in [-0.15, -0.1) is 5.10 Å². The van der Waals surface area contributed by atoms with Gasteiger partial charge in [0, 0.05) is 25.3 Å². The normalized spacial score (nSPS) is 23.7. The average Bonchev–Trinajstić information content (AvgIpc) is 2.83. The van der Waals surface area contributed by atoms with Crippen molar-refractivity contribution in [3.8, 4) is 0 Å². The fraction of sp³-hybridized carbons (Fsp3) is 0.571. The van der Waals surface area contributed by atoms with Gasteiger partial charge in [0.05, 0.1) is 25.9 Å². The summed E-state index contributed by atoms with van der Waals surface area (Å²) in [5.41, 5.74) is 0.538. The van der Waals surface area contributed by atoms with E-state index in [9.17, 15) is 9.90 Å². The van der Waals surface area contributed by atoms with Gasteiger partial charge in [-0.25, -0.2) is 9.48 Å². The molecule has 7 nitrogen and oxygen atoms in total. The lowest BCUT2D eigenvalue weighted by atomic mass is 10.2. The molecule has 2 unspecified atom stereocenters. The minimum absolute atomic E-state index is 0.0253. The van der Waals surface area contributed by atoms with Crippen LogP contribution in [0.15, 0.2) is 29.2 Å². The molecule has 2 aromatic rings. The Hall–Kier alpha value is -1.70. The summed E-state index contributed by atoms with van der Waals surface area (Å²) >= 11 is 0. The minimum atomic E-state index is -0.140. The maximum absolute atomic E-state index is 12.2. The Labute approximate surface area is 122 Å². The van der Waals surface area contributed by atoms with Crippen LogP contribution < -0.4 is 5.69 Å². The first-order valence-electron chi connectivity index (χ1n) is 7.20. The van der Waals surface area contributed by atoms with E-state index in [0.29, 0.717) is 31.9 Å². The van der Waals surface area contributed by atoms with E-state index in [1.54, 1.807) is 10.6 Å². The Balaban J connectivity index is 1.71. The summed E-state index contributed by atoms with van der Waals surface area (Å²) in [6.07, 6.45) is 1.58. The first-order valence-corrected chi connectivity index (χ1v) is 7.20. The Bertz CT molecular complexity index is 666. The molecule has 0 aliphatic carbocycles. The van der Waals surface area contributed by atoms with Crippen LogP contribution in [0.4, 0.5) is 0 Å². The first-order chi connectivity index (χ1) is 10.2. The molecular formula is C14H20N4O3. The number of ether oxygens (including phenoxy) is 1. The molecule has 3 heterocycles. The second-order valence-electron chi connectivity index (χ2n) is 5.42. The number of fused-ring (bicyclic) bond motifs is 1. The third-order valence-electron chi connectivity index (χ3n) is 3.93. The fourth-order valence-corrected chi connectivity index (χ4v) is 2.63. The molecule has 1 aliphatic heterocycles. The molecule has 2 atom stereocenters. The van der Waals surface area contributed by atoms with E-state index >= 15 is 0 Å². The molecule has 0 saturated carbocycles. The molecular weight excluding hydrogens is 272 g/mol. The number of nitrogens with zero attached hydrogens (tertiary/aromatic N) is 4. The highest BCUT2D eigenvalue weighted by molar-refractivity contribution is 5.35. The lowest BCUT2D eigenvalue weighted by molar-refractivity contribution is -0.0786. The molecule has 1 N–H and O–H groups in total. The summed E-state index contributed by atoms with van der Waals surface area (Å²) in [6, 6.07) is 5.77. The monoisotopic (exact) mass is 292 g/mol. The number of aromatic nitrogens is 3. The predicted molar refractivity (Wildman–Crippen MR) is 77.3 cm³/mol. The number of pyridine rings is 1. The zero-order valence-corrected chi connectivity index (χ0v) is 12.1. The van der Waals surface area contributed by atoms with Crippen LogP contribution in [0.3, 0.4) is 0 Å². The predicted octanol–water partition coefficient (Wildman–Crippen LogP) is -0.422. The zero-order chi connectivity index (χ0) is 14.8. The molecule has 0 aromatic carbocycles. The summed E-state index contributed by atoms with van der Waals surface area (Å²) in [6.45, 7) is 4.64. The van der Waals surface area contributed by atoms with Crippen molar-refractivity contribution in [1.29, 1.82) is 0 Å². The Morgan fingerprint density at radius 1 is 1.43 bits per heavy atom. The van der Waals surface area contributed by atoms with Crippen molar-refractivity contribution in [1.82, 2.24) is 19.1 Å². The van der Waals surface area contributed by atoms with Crippen LogP contribution >= 0.6 is 0 Å². The smallest absolute Gasteiger partial charge is 0.350 e. The topological polar surface area (TPSA) is 72.0 Å². The first kappa shape index (κ1) is 14.2. The van der Waals surface area contributed by atoms with Gasteiger partial charge in [0.1, 0.15) is 0 Å². The molecule has 21 heavy (non-hydrogen) atoms. The number of hydrogen-bond acceptors (Lipinski definition) is 5. The summed E-state index contributed by atoms with van der Waals surface area (Å²) in [7, 11) is 0. The number of rotatable bonds is 4. The van der Waals surface area contributed by atoms with Crippen molar-refractivity contribution in [2.24, 2.45) is 0 Å². The van der Waals surface area contributed by atoms with Crippen LogP contribution in [-0.2, 0) is 11.3 Å². The molecule has 1 saturated heterocycles. The quantitative estimate of drug-likeness (QED) is 0.828. The minimum Gasteiger partial charge on any atom is -0.394 e. The van der Waals surface area contributed by atoms with Crippen LogP contribution in [0.2, 0.25) is 0 Å². The second-order valence-corrected chi connectivity index (χ2v) is 5.42. The van der Waals surface area contributed by atoms with E-state index in [1.807, 2.05) is 18.2 Å². The summed E-state index contributed by atoms with van der Waals surface area (Å²) < 4.78 is 8.55. The van der Waals surface area contributed by atoms with Crippen LogP contribution in [-0.4, -0.2) is 62.6 Å². The molecule has 0 spiro atoms. The highest BCUT2D eigenvalue weighted by atomic mass is 16.5. The Morgan fingerprint density at radius 2 is 2.29 bits per heavy atom. The molecule has 0 bridgehead atoms. The van der Waals surface area contributed by atoms with Gasteiger partial charge in [-0.2, -0.15) is 0 Å². The standard InChI is InChI=1S/C14H20N4O3/c1-11-10-21-12(9-19)8-16(11)6-7-18-14(20)17-5-3-2-4-13(17)15-18/h2-5,11-12,19H,6-10H2,1H3. The zero-order valence-electron chi connectivity index (χ0n) is 12.1. The van der Waals surface area contributed by atoms with Crippen LogP contribution in [0.5, 0.6) is 0 Å². The summed E-state index contributed by atoms with van der Waals surface area (Å²) in [5, 5.41) is 13.5. The van der Waals surface area contributed by atoms with Crippen molar-refractivity contribution >= 4 is 5.65 Å². The Kier molecular flexibility index (Phi) is 4.05. The summed E-state index contributed by atoms with van der Waals surface area (Å²) in [5.74, 6) is 0. The second kappa shape index (κ2) is 5.97. The van der Waals surface area contributed by atoms with E-state index in [2.05, 4.69) is 16.9 Å². The number of aliphatic hydroxyl groups is 1. The maximum atomic E-state index is 12.2. The fourth-order valence-electron chi connectivity index (χ4n) is 2.63. The van der Waals surface area contributed by atoms with Gasteiger partial charge in [-0.1, -0.05) is 6.07 Å². The van der Waals surface area contributed by atoms with E-state index in [1.165, 1.54) is 4.68 Å². The molecule has 114 valence electrons. The van der Waals surface area contributed by atoms with E-state index in [-0.39, 0.29) is 24.4 Å². The van der Waals surface area contributed by atoms with Crippen molar-refractivity contribution in [3.63, 3.8) is 0 Å². The molecule has 2 aromatic heterocycles. The number of morpholine rings is 1.